The average molecular weight is 421 g/mol. The van der Waals surface area contributed by atoms with E-state index in [0.29, 0.717) is 5.75 Å². The number of phenolic OH excluding ortho intramolecular Hbond substituents is 1. The number of rotatable bonds is 13. The molecule has 2 aromatic carbocycles. The van der Waals surface area contributed by atoms with Gasteiger partial charge in [0.05, 0.1) is 0 Å². The van der Waals surface area contributed by atoms with Gasteiger partial charge in [0.2, 0.25) is 0 Å². The van der Waals surface area contributed by atoms with Crippen molar-refractivity contribution in [3.8, 4) is 17.2 Å². The number of hydrogen-bond acceptors (Lipinski definition) is 4. The lowest BCUT2D eigenvalue weighted by atomic mass is 10.0. The first kappa shape index (κ1) is 23.2. The van der Waals surface area contributed by atoms with Crippen molar-refractivity contribution in [3.63, 3.8) is 0 Å². The lowest BCUT2D eigenvalue weighted by molar-refractivity contribution is 0.394. The van der Waals surface area contributed by atoms with Gasteiger partial charge in [-0.15, -0.1) is 0 Å². The standard InChI is InChI=1S/C23H32O5S/c1-2-3-4-5-6-7-8-9-10-14-19-15-11-12-17-21(19)28-23-20(24)16-13-18-22(23)29(25,26)27/h11-13,15-18,24H,2-10,14H2,1H3,(H,25,26,27). The number of ether oxygens (including phenoxy) is 1. The number of para-hydroxylation sites is 2. The molecule has 0 unspecified atom stereocenters. The minimum atomic E-state index is -4.51. The largest absolute Gasteiger partial charge is 0.504 e. The van der Waals surface area contributed by atoms with Crippen LogP contribution < -0.4 is 4.74 Å². The summed E-state index contributed by atoms with van der Waals surface area (Å²) in [5.74, 6) is -0.106. The second-order valence-corrected chi connectivity index (χ2v) is 8.76. The van der Waals surface area contributed by atoms with Gasteiger partial charge in [-0.05, 0) is 36.6 Å². The molecule has 29 heavy (non-hydrogen) atoms. The fourth-order valence-electron chi connectivity index (χ4n) is 3.36. The van der Waals surface area contributed by atoms with Crippen LogP contribution in [0, 0.1) is 0 Å². The summed E-state index contributed by atoms with van der Waals surface area (Å²) >= 11 is 0. The van der Waals surface area contributed by atoms with Gasteiger partial charge >= 0.3 is 0 Å². The highest BCUT2D eigenvalue weighted by molar-refractivity contribution is 7.86. The number of aromatic hydroxyl groups is 1. The average Bonchev–Trinajstić information content (AvgIpc) is 2.68. The van der Waals surface area contributed by atoms with Crippen LogP contribution in [0.5, 0.6) is 17.2 Å². The fourth-order valence-corrected chi connectivity index (χ4v) is 3.99. The highest BCUT2D eigenvalue weighted by Crippen LogP contribution is 2.38. The minimum Gasteiger partial charge on any atom is -0.504 e. The highest BCUT2D eigenvalue weighted by atomic mass is 32.2. The number of hydrogen-bond donors (Lipinski definition) is 2. The number of aryl methyl sites for hydroxylation is 1. The third-order valence-electron chi connectivity index (χ3n) is 4.97. The molecule has 0 spiro atoms. The SMILES string of the molecule is CCCCCCCCCCCc1ccccc1Oc1c(O)cccc1S(=O)(=O)O. The van der Waals surface area contributed by atoms with E-state index in [1.54, 1.807) is 12.1 Å². The molecular weight excluding hydrogens is 388 g/mol. The summed E-state index contributed by atoms with van der Waals surface area (Å²) in [4.78, 5) is -0.449. The van der Waals surface area contributed by atoms with Crippen LogP contribution in [0.4, 0.5) is 0 Å². The van der Waals surface area contributed by atoms with Gasteiger partial charge in [-0.3, -0.25) is 4.55 Å². The van der Waals surface area contributed by atoms with Gasteiger partial charge in [0.1, 0.15) is 10.6 Å². The topological polar surface area (TPSA) is 83.8 Å². The van der Waals surface area contributed by atoms with Crippen molar-refractivity contribution in [1.82, 2.24) is 0 Å². The molecule has 6 heteroatoms. The van der Waals surface area contributed by atoms with Crippen molar-refractivity contribution in [2.75, 3.05) is 0 Å². The third kappa shape index (κ3) is 7.71. The van der Waals surface area contributed by atoms with Crippen LogP contribution in [0.1, 0.15) is 70.3 Å². The van der Waals surface area contributed by atoms with E-state index in [9.17, 15) is 18.1 Å². The Morgan fingerprint density at radius 1 is 0.828 bits per heavy atom. The Morgan fingerprint density at radius 3 is 2.10 bits per heavy atom. The zero-order chi connectivity index (χ0) is 21.1. The second-order valence-electron chi connectivity index (χ2n) is 7.37. The summed E-state index contributed by atoms with van der Waals surface area (Å²) in [5.41, 5.74) is 0.944. The van der Waals surface area contributed by atoms with E-state index in [0.717, 1.165) is 24.8 Å². The second kappa shape index (κ2) is 11.8. The number of unbranched alkanes of at least 4 members (excludes halogenated alkanes) is 8. The molecule has 0 amide bonds. The van der Waals surface area contributed by atoms with E-state index in [2.05, 4.69) is 6.92 Å². The molecule has 2 rings (SSSR count). The van der Waals surface area contributed by atoms with E-state index in [1.165, 1.54) is 63.1 Å². The highest BCUT2D eigenvalue weighted by Gasteiger charge is 2.21. The van der Waals surface area contributed by atoms with Gasteiger partial charge in [0.25, 0.3) is 10.1 Å². The summed E-state index contributed by atoms with van der Waals surface area (Å²) < 4.78 is 38.4. The van der Waals surface area contributed by atoms with E-state index < -0.39 is 15.0 Å². The smallest absolute Gasteiger partial charge is 0.298 e. The van der Waals surface area contributed by atoms with Crippen molar-refractivity contribution < 1.29 is 22.8 Å². The molecule has 0 aliphatic carbocycles. The van der Waals surface area contributed by atoms with Gasteiger partial charge in [-0.25, -0.2) is 0 Å². The monoisotopic (exact) mass is 420 g/mol. The first-order chi connectivity index (χ1) is 13.9. The Hall–Kier alpha value is -2.05. The zero-order valence-electron chi connectivity index (χ0n) is 17.1. The summed E-state index contributed by atoms with van der Waals surface area (Å²) in [7, 11) is -4.51. The maximum atomic E-state index is 11.6. The minimum absolute atomic E-state index is 0.255. The summed E-state index contributed by atoms with van der Waals surface area (Å²) in [6.45, 7) is 2.23. The number of benzene rings is 2. The van der Waals surface area contributed by atoms with Crippen LogP contribution in [0.2, 0.25) is 0 Å². The molecule has 0 aromatic heterocycles. The van der Waals surface area contributed by atoms with Crippen molar-refractivity contribution in [3.05, 3.63) is 48.0 Å². The molecule has 2 N–H and O–H groups in total. The summed E-state index contributed by atoms with van der Waals surface area (Å²) in [6, 6.07) is 11.3. The Kier molecular flexibility index (Phi) is 9.48. The Balaban J connectivity index is 1.94. The molecule has 160 valence electrons. The molecule has 0 radical (unpaired) electrons. The van der Waals surface area contributed by atoms with Crippen LogP contribution >= 0.6 is 0 Å². The molecule has 0 aliphatic rings. The molecule has 0 aliphatic heterocycles. The summed E-state index contributed by atoms with van der Waals surface area (Å²) in [5, 5.41) is 10.1. The molecule has 0 atom stereocenters. The predicted molar refractivity (Wildman–Crippen MR) is 115 cm³/mol. The van der Waals surface area contributed by atoms with Crippen molar-refractivity contribution in [2.45, 2.75) is 76.0 Å². The normalized spacial score (nSPS) is 11.5. The third-order valence-corrected chi connectivity index (χ3v) is 5.85. The maximum absolute atomic E-state index is 11.6. The van der Waals surface area contributed by atoms with Crippen LogP contribution in [0.3, 0.4) is 0 Å². The maximum Gasteiger partial charge on any atom is 0.298 e. The van der Waals surface area contributed by atoms with Crippen molar-refractivity contribution >= 4 is 10.1 Å². The van der Waals surface area contributed by atoms with Gasteiger partial charge in [0.15, 0.2) is 11.5 Å². The van der Waals surface area contributed by atoms with Gasteiger partial charge < -0.3 is 9.84 Å². The Morgan fingerprint density at radius 2 is 1.45 bits per heavy atom. The summed E-state index contributed by atoms with van der Waals surface area (Å²) in [6.07, 6.45) is 12.0. The van der Waals surface area contributed by atoms with E-state index in [-0.39, 0.29) is 11.5 Å². The quantitative estimate of drug-likeness (QED) is 0.285. The lowest BCUT2D eigenvalue weighted by Crippen LogP contribution is -2.02. The molecule has 0 saturated carbocycles. The van der Waals surface area contributed by atoms with Crippen molar-refractivity contribution in [2.24, 2.45) is 0 Å². The Labute approximate surface area is 174 Å². The molecule has 0 saturated heterocycles. The molecule has 0 bridgehead atoms. The lowest BCUT2D eigenvalue weighted by Gasteiger charge is -2.14. The van der Waals surface area contributed by atoms with Crippen LogP contribution in [0.15, 0.2) is 47.4 Å². The first-order valence-electron chi connectivity index (χ1n) is 10.5. The van der Waals surface area contributed by atoms with E-state index in [4.69, 9.17) is 4.74 Å². The first-order valence-corrected chi connectivity index (χ1v) is 11.9. The zero-order valence-corrected chi connectivity index (χ0v) is 18.0. The number of phenols is 1. The fraction of sp³-hybridized carbons (Fsp3) is 0.478. The molecular formula is C23H32O5S. The van der Waals surface area contributed by atoms with Gasteiger partial charge in [-0.1, -0.05) is 82.6 Å². The van der Waals surface area contributed by atoms with E-state index in [1.807, 2.05) is 12.1 Å². The Bertz CT molecular complexity index is 861. The molecule has 2 aromatic rings. The van der Waals surface area contributed by atoms with Crippen molar-refractivity contribution in [1.29, 1.82) is 0 Å². The van der Waals surface area contributed by atoms with Gasteiger partial charge in [0, 0.05) is 0 Å². The van der Waals surface area contributed by atoms with Gasteiger partial charge in [-0.2, -0.15) is 8.42 Å². The molecule has 0 fully saturated rings. The van der Waals surface area contributed by atoms with E-state index >= 15 is 0 Å². The van der Waals surface area contributed by atoms with Crippen LogP contribution in [-0.2, 0) is 16.5 Å². The predicted octanol–water partition coefficient (Wildman–Crippen LogP) is 6.50. The molecule has 0 heterocycles. The molecule has 5 nitrogen and oxygen atoms in total. The van der Waals surface area contributed by atoms with Crippen LogP contribution in [0.25, 0.3) is 0 Å². The van der Waals surface area contributed by atoms with Crippen LogP contribution in [-0.4, -0.2) is 18.1 Å².